The molecule has 1 aromatic carbocycles. The minimum absolute atomic E-state index is 0.0793. The summed E-state index contributed by atoms with van der Waals surface area (Å²) in [5.74, 6) is 1.31. The van der Waals surface area contributed by atoms with Gasteiger partial charge in [-0.15, -0.1) is 11.3 Å². The number of rotatable bonds is 8. The molecule has 1 heterocycles. The first kappa shape index (κ1) is 18.8. The molecular weight excluding hydrogens is 336 g/mol. The molecule has 7 heteroatoms. The first-order valence-corrected chi connectivity index (χ1v) is 9.03. The van der Waals surface area contributed by atoms with Crippen LogP contribution < -0.4 is 20.7 Å². The number of hydrogen-bond donors (Lipinski definition) is 3. The number of guanidine groups is 1. The molecule has 2 aromatic rings. The van der Waals surface area contributed by atoms with E-state index in [0.717, 1.165) is 17.9 Å². The fourth-order valence-corrected chi connectivity index (χ4v) is 2.72. The standard InChI is InChI=1S/C18H24N4O2S/c1-3-19-18(21-12-16-5-4-10-25-16)22-13-17(23)20-11-14-6-8-15(24-2)9-7-14/h4-10H,3,11-13H2,1-2H3,(H,20,23)(H2,19,21,22). The van der Waals surface area contributed by atoms with Gasteiger partial charge in [-0.25, -0.2) is 4.99 Å². The summed E-state index contributed by atoms with van der Waals surface area (Å²) in [6.45, 7) is 3.97. The van der Waals surface area contributed by atoms with Crippen molar-refractivity contribution in [1.82, 2.24) is 16.0 Å². The third-order valence-corrected chi connectivity index (χ3v) is 4.26. The number of carbonyl (C=O) groups is 1. The Bertz CT molecular complexity index is 669. The number of hydrogen-bond acceptors (Lipinski definition) is 4. The van der Waals surface area contributed by atoms with Gasteiger partial charge in [-0.3, -0.25) is 4.79 Å². The highest BCUT2D eigenvalue weighted by Gasteiger charge is 2.03. The number of methoxy groups -OCH3 is 1. The molecule has 0 aliphatic carbocycles. The minimum Gasteiger partial charge on any atom is -0.497 e. The SMILES string of the molecule is CCNC(=NCC(=O)NCc1ccc(OC)cc1)NCc1cccs1. The van der Waals surface area contributed by atoms with Crippen molar-refractivity contribution in [3.05, 3.63) is 52.2 Å². The third-order valence-electron chi connectivity index (χ3n) is 3.38. The van der Waals surface area contributed by atoms with Crippen molar-refractivity contribution in [3.8, 4) is 5.75 Å². The average molecular weight is 360 g/mol. The lowest BCUT2D eigenvalue weighted by molar-refractivity contribution is -0.119. The summed E-state index contributed by atoms with van der Waals surface area (Å²) < 4.78 is 5.11. The molecule has 3 N–H and O–H groups in total. The van der Waals surface area contributed by atoms with Gasteiger partial charge in [0.15, 0.2) is 5.96 Å². The van der Waals surface area contributed by atoms with Crippen LogP contribution in [0.4, 0.5) is 0 Å². The quantitative estimate of drug-likeness (QED) is 0.498. The topological polar surface area (TPSA) is 74.8 Å². The van der Waals surface area contributed by atoms with Gasteiger partial charge >= 0.3 is 0 Å². The summed E-state index contributed by atoms with van der Waals surface area (Å²) >= 11 is 1.68. The zero-order valence-corrected chi connectivity index (χ0v) is 15.4. The van der Waals surface area contributed by atoms with E-state index < -0.39 is 0 Å². The first-order valence-electron chi connectivity index (χ1n) is 8.15. The largest absolute Gasteiger partial charge is 0.497 e. The maximum atomic E-state index is 12.0. The lowest BCUT2D eigenvalue weighted by atomic mass is 10.2. The van der Waals surface area contributed by atoms with Crippen LogP contribution in [0.3, 0.4) is 0 Å². The lowest BCUT2D eigenvalue weighted by Crippen LogP contribution is -2.38. The molecule has 0 saturated carbocycles. The molecule has 6 nitrogen and oxygen atoms in total. The van der Waals surface area contributed by atoms with Gasteiger partial charge in [0.1, 0.15) is 12.3 Å². The number of benzene rings is 1. The molecule has 0 unspecified atom stereocenters. The molecule has 0 fully saturated rings. The summed E-state index contributed by atoms with van der Waals surface area (Å²) in [5, 5.41) is 11.3. The van der Waals surface area contributed by atoms with E-state index in [1.54, 1.807) is 18.4 Å². The summed E-state index contributed by atoms with van der Waals surface area (Å²) in [6, 6.07) is 11.7. The van der Waals surface area contributed by atoms with E-state index in [4.69, 9.17) is 4.74 Å². The molecular formula is C18H24N4O2S. The number of nitrogens with one attached hydrogen (secondary N) is 3. The minimum atomic E-state index is -0.121. The van der Waals surface area contributed by atoms with Crippen LogP contribution in [0.25, 0.3) is 0 Å². The lowest BCUT2D eigenvalue weighted by Gasteiger charge is -2.10. The predicted octanol–water partition coefficient (Wildman–Crippen LogP) is 2.13. The number of nitrogens with zero attached hydrogens (tertiary/aromatic N) is 1. The molecule has 1 amide bonds. The Morgan fingerprint density at radius 1 is 1.12 bits per heavy atom. The second kappa shape index (κ2) is 10.4. The number of ether oxygens (including phenoxy) is 1. The summed E-state index contributed by atoms with van der Waals surface area (Å²) in [4.78, 5) is 17.5. The van der Waals surface area contributed by atoms with E-state index in [0.29, 0.717) is 19.0 Å². The molecule has 25 heavy (non-hydrogen) atoms. The van der Waals surface area contributed by atoms with Crippen molar-refractivity contribution in [2.45, 2.75) is 20.0 Å². The van der Waals surface area contributed by atoms with E-state index in [1.165, 1.54) is 4.88 Å². The molecule has 0 bridgehead atoms. The monoisotopic (exact) mass is 360 g/mol. The van der Waals surface area contributed by atoms with Gasteiger partial charge in [0, 0.05) is 18.0 Å². The summed E-state index contributed by atoms with van der Waals surface area (Å²) in [5.41, 5.74) is 1.01. The number of carbonyl (C=O) groups excluding carboxylic acids is 1. The second-order valence-corrected chi connectivity index (χ2v) is 6.29. The molecule has 0 aliphatic heterocycles. The van der Waals surface area contributed by atoms with Gasteiger partial charge < -0.3 is 20.7 Å². The molecule has 0 radical (unpaired) electrons. The summed E-state index contributed by atoms with van der Waals surface area (Å²) in [7, 11) is 1.63. The maximum Gasteiger partial charge on any atom is 0.242 e. The highest BCUT2D eigenvalue weighted by Crippen LogP contribution is 2.10. The van der Waals surface area contributed by atoms with E-state index in [2.05, 4.69) is 27.0 Å². The maximum absolute atomic E-state index is 12.0. The van der Waals surface area contributed by atoms with Crippen LogP contribution in [0.1, 0.15) is 17.4 Å². The van der Waals surface area contributed by atoms with Crippen LogP contribution in [0.2, 0.25) is 0 Å². The van der Waals surface area contributed by atoms with Crippen molar-refractivity contribution in [3.63, 3.8) is 0 Å². The van der Waals surface area contributed by atoms with Gasteiger partial charge in [0.05, 0.1) is 13.7 Å². The second-order valence-electron chi connectivity index (χ2n) is 5.25. The molecule has 0 spiro atoms. The molecule has 2 rings (SSSR count). The Morgan fingerprint density at radius 3 is 2.56 bits per heavy atom. The zero-order valence-electron chi connectivity index (χ0n) is 14.5. The van der Waals surface area contributed by atoms with Crippen molar-refractivity contribution in [1.29, 1.82) is 0 Å². The molecule has 0 saturated heterocycles. The van der Waals surface area contributed by atoms with Crippen LogP contribution in [0.5, 0.6) is 5.75 Å². The summed E-state index contributed by atoms with van der Waals surface area (Å²) in [6.07, 6.45) is 0. The van der Waals surface area contributed by atoms with E-state index in [-0.39, 0.29) is 12.5 Å². The fraction of sp³-hybridized carbons (Fsp3) is 0.333. The predicted molar refractivity (Wildman–Crippen MR) is 102 cm³/mol. The first-order chi connectivity index (χ1) is 12.2. The molecule has 0 aliphatic rings. The van der Waals surface area contributed by atoms with Crippen molar-refractivity contribution < 1.29 is 9.53 Å². The van der Waals surface area contributed by atoms with Crippen LogP contribution in [0, 0.1) is 0 Å². The van der Waals surface area contributed by atoms with Crippen LogP contribution in [-0.4, -0.2) is 32.1 Å². The number of amides is 1. The molecule has 0 atom stereocenters. The van der Waals surface area contributed by atoms with Gasteiger partial charge in [-0.2, -0.15) is 0 Å². The van der Waals surface area contributed by atoms with Gasteiger partial charge in [-0.1, -0.05) is 18.2 Å². The smallest absolute Gasteiger partial charge is 0.242 e. The van der Waals surface area contributed by atoms with Crippen molar-refractivity contribution in [2.24, 2.45) is 4.99 Å². The third kappa shape index (κ3) is 6.84. The Labute approximate surface area is 152 Å². The normalized spacial score (nSPS) is 11.0. The van der Waals surface area contributed by atoms with E-state index in [1.807, 2.05) is 42.6 Å². The van der Waals surface area contributed by atoms with Crippen LogP contribution in [-0.2, 0) is 17.9 Å². The van der Waals surface area contributed by atoms with Gasteiger partial charge in [0.25, 0.3) is 0 Å². The van der Waals surface area contributed by atoms with E-state index >= 15 is 0 Å². The fourth-order valence-electron chi connectivity index (χ4n) is 2.08. The van der Waals surface area contributed by atoms with Crippen molar-refractivity contribution >= 4 is 23.2 Å². The van der Waals surface area contributed by atoms with Crippen LogP contribution >= 0.6 is 11.3 Å². The Kier molecular flexibility index (Phi) is 7.78. The molecule has 1 aromatic heterocycles. The highest BCUT2D eigenvalue weighted by atomic mass is 32.1. The Balaban J connectivity index is 1.78. The number of aliphatic imine (C=N–C) groups is 1. The Hall–Kier alpha value is -2.54. The Morgan fingerprint density at radius 2 is 1.92 bits per heavy atom. The highest BCUT2D eigenvalue weighted by molar-refractivity contribution is 7.09. The average Bonchev–Trinajstić information content (AvgIpc) is 3.16. The van der Waals surface area contributed by atoms with Crippen molar-refractivity contribution in [2.75, 3.05) is 20.2 Å². The van der Waals surface area contributed by atoms with Crippen LogP contribution in [0.15, 0.2) is 46.8 Å². The molecule has 134 valence electrons. The number of thiophene rings is 1. The zero-order chi connectivity index (χ0) is 17.9. The van der Waals surface area contributed by atoms with Gasteiger partial charge in [0.2, 0.25) is 5.91 Å². The van der Waals surface area contributed by atoms with Gasteiger partial charge in [-0.05, 0) is 36.1 Å². The van der Waals surface area contributed by atoms with E-state index in [9.17, 15) is 4.79 Å².